The number of β-lactam (4-membered cyclic amide) rings is 1. The Hall–Kier alpha value is -0.570. The first-order valence-corrected chi connectivity index (χ1v) is 6.15. The minimum atomic E-state index is -0.203. The van der Waals surface area contributed by atoms with Crippen molar-refractivity contribution in [1.82, 2.24) is 4.90 Å². The number of likely N-dealkylation sites (tertiary alicyclic amines) is 1. The van der Waals surface area contributed by atoms with E-state index in [1.165, 1.54) is 25.7 Å². The van der Waals surface area contributed by atoms with Crippen molar-refractivity contribution in [2.45, 2.75) is 52.0 Å². The lowest BCUT2D eigenvalue weighted by Crippen LogP contribution is -2.60. The fourth-order valence-corrected chi connectivity index (χ4v) is 1.94. The van der Waals surface area contributed by atoms with Gasteiger partial charge in [0, 0.05) is 13.1 Å². The van der Waals surface area contributed by atoms with Crippen molar-refractivity contribution < 1.29 is 4.79 Å². The number of rotatable bonds is 7. The molecule has 15 heavy (non-hydrogen) atoms. The van der Waals surface area contributed by atoms with E-state index in [1.807, 2.05) is 4.90 Å². The molecule has 0 aromatic heterocycles. The third-order valence-electron chi connectivity index (χ3n) is 3.01. The zero-order chi connectivity index (χ0) is 11.3. The zero-order valence-electron chi connectivity index (χ0n) is 10.0. The third-order valence-corrected chi connectivity index (χ3v) is 3.01. The Morgan fingerprint density at radius 1 is 1.33 bits per heavy atom. The lowest BCUT2D eigenvalue weighted by molar-refractivity contribution is -0.142. The first kappa shape index (κ1) is 12.5. The molecule has 88 valence electrons. The lowest BCUT2D eigenvalue weighted by atomic mass is 10.0. The predicted molar refractivity (Wildman–Crippen MR) is 62.5 cm³/mol. The molecule has 1 heterocycles. The summed E-state index contributed by atoms with van der Waals surface area (Å²) in [5, 5.41) is 0. The van der Waals surface area contributed by atoms with Gasteiger partial charge in [-0.25, -0.2) is 0 Å². The van der Waals surface area contributed by atoms with Gasteiger partial charge in [-0.05, 0) is 12.3 Å². The number of hydrogen-bond donors (Lipinski definition) is 1. The van der Waals surface area contributed by atoms with Crippen molar-refractivity contribution in [1.29, 1.82) is 0 Å². The van der Waals surface area contributed by atoms with Gasteiger partial charge in [0.15, 0.2) is 0 Å². The second-order valence-electron chi connectivity index (χ2n) is 4.99. The van der Waals surface area contributed by atoms with Crippen LogP contribution in [0.15, 0.2) is 0 Å². The van der Waals surface area contributed by atoms with E-state index >= 15 is 0 Å². The molecular formula is C12H24N2O. The molecule has 0 aromatic carbocycles. The fourth-order valence-electron chi connectivity index (χ4n) is 1.94. The largest absolute Gasteiger partial charge is 0.339 e. The van der Waals surface area contributed by atoms with E-state index in [0.717, 1.165) is 25.4 Å². The second kappa shape index (κ2) is 6.11. The maximum absolute atomic E-state index is 11.2. The molecule has 1 amide bonds. The van der Waals surface area contributed by atoms with E-state index in [1.54, 1.807) is 0 Å². The monoisotopic (exact) mass is 212 g/mol. The zero-order valence-corrected chi connectivity index (χ0v) is 10.0. The Labute approximate surface area is 93.0 Å². The summed E-state index contributed by atoms with van der Waals surface area (Å²) in [6, 6.07) is -0.203. The van der Waals surface area contributed by atoms with Gasteiger partial charge in [0.1, 0.15) is 6.04 Å². The topological polar surface area (TPSA) is 46.3 Å². The highest BCUT2D eigenvalue weighted by Crippen LogP contribution is 2.12. The van der Waals surface area contributed by atoms with Gasteiger partial charge in [-0.3, -0.25) is 4.79 Å². The van der Waals surface area contributed by atoms with E-state index in [2.05, 4.69) is 13.8 Å². The third kappa shape index (κ3) is 4.20. The number of nitrogens with zero attached hydrogens (tertiary/aromatic N) is 1. The predicted octanol–water partition coefficient (Wildman–Crippen LogP) is 1.76. The number of carbonyl (C=O) groups is 1. The molecule has 1 rings (SSSR count). The van der Waals surface area contributed by atoms with Crippen molar-refractivity contribution >= 4 is 5.91 Å². The molecule has 1 atom stereocenters. The van der Waals surface area contributed by atoms with Gasteiger partial charge in [-0.1, -0.05) is 39.5 Å². The van der Waals surface area contributed by atoms with Gasteiger partial charge in [0.2, 0.25) is 5.91 Å². The first-order chi connectivity index (χ1) is 7.11. The average molecular weight is 212 g/mol. The van der Waals surface area contributed by atoms with Crippen LogP contribution in [0, 0.1) is 5.92 Å². The molecule has 3 nitrogen and oxygen atoms in total. The van der Waals surface area contributed by atoms with Gasteiger partial charge in [0.05, 0.1) is 0 Å². The van der Waals surface area contributed by atoms with Crippen LogP contribution < -0.4 is 5.73 Å². The maximum atomic E-state index is 11.2. The van der Waals surface area contributed by atoms with Crippen LogP contribution in [0.2, 0.25) is 0 Å². The fraction of sp³-hybridized carbons (Fsp3) is 0.917. The highest BCUT2D eigenvalue weighted by molar-refractivity contribution is 5.87. The Morgan fingerprint density at radius 3 is 2.53 bits per heavy atom. The number of nitrogens with two attached hydrogens (primary N) is 1. The van der Waals surface area contributed by atoms with Crippen molar-refractivity contribution in [2.24, 2.45) is 11.7 Å². The van der Waals surface area contributed by atoms with Crippen molar-refractivity contribution in [3.63, 3.8) is 0 Å². The quantitative estimate of drug-likeness (QED) is 0.516. The molecule has 0 aromatic rings. The molecular weight excluding hydrogens is 188 g/mol. The van der Waals surface area contributed by atoms with Crippen molar-refractivity contribution in [2.75, 3.05) is 13.1 Å². The Kier molecular flexibility index (Phi) is 5.09. The van der Waals surface area contributed by atoms with Gasteiger partial charge in [0.25, 0.3) is 0 Å². The van der Waals surface area contributed by atoms with E-state index in [-0.39, 0.29) is 11.9 Å². The smallest absolute Gasteiger partial charge is 0.241 e. The highest BCUT2D eigenvalue weighted by atomic mass is 16.2. The molecule has 1 unspecified atom stereocenters. The second-order valence-corrected chi connectivity index (χ2v) is 4.99. The molecule has 0 saturated carbocycles. The van der Waals surface area contributed by atoms with Gasteiger partial charge in [-0.15, -0.1) is 0 Å². The number of amides is 1. The summed E-state index contributed by atoms with van der Waals surface area (Å²) in [6.45, 7) is 6.21. The summed E-state index contributed by atoms with van der Waals surface area (Å²) < 4.78 is 0. The average Bonchev–Trinajstić information content (AvgIpc) is 2.20. The van der Waals surface area contributed by atoms with Gasteiger partial charge >= 0.3 is 0 Å². The summed E-state index contributed by atoms with van der Waals surface area (Å²) in [7, 11) is 0. The van der Waals surface area contributed by atoms with Crippen LogP contribution in [0.25, 0.3) is 0 Å². The van der Waals surface area contributed by atoms with E-state index < -0.39 is 0 Å². The van der Waals surface area contributed by atoms with Crippen LogP contribution in [-0.4, -0.2) is 29.9 Å². The molecule has 1 aliphatic heterocycles. The SMILES string of the molecule is CC(C)CCCCCCN1CC(N)C1=O. The van der Waals surface area contributed by atoms with Crippen LogP contribution in [0.1, 0.15) is 46.0 Å². The van der Waals surface area contributed by atoms with Crippen LogP contribution >= 0.6 is 0 Å². The summed E-state index contributed by atoms with van der Waals surface area (Å²) in [6.07, 6.45) is 6.33. The summed E-state index contributed by atoms with van der Waals surface area (Å²) in [4.78, 5) is 13.0. The molecule has 0 aliphatic carbocycles. The van der Waals surface area contributed by atoms with Crippen LogP contribution in [0.3, 0.4) is 0 Å². The van der Waals surface area contributed by atoms with Crippen LogP contribution in [0.4, 0.5) is 0 Å². The van der Waals surface area contributed by atoms with Crippen LogP contribution in [0.5, 0.6) is 0 Å². The van der Waals surface area contributed by atoms with Crippen molar-refractivity contribution in [3.8, 4) is 0 Å². The molecule has 1 saturated heterocycles. The molecule has 0 radical (unpaired) electrons. The minimum Gasteiger partial charge on any atom is -0.339 e. The molecule has 2 N–H and O–H groups in total. The van der Waals surface area contributed by atoms with E-state index in [9.17, 15) is 4.79 Å². The van der Waals surface area contributed by atoms with Gasteiger partial charge in [-0.2, -0.15) is 0 Å². The summed E-state index contributed by atoms with van der Waals surface area (Å²) in [5.41, 5.74) is 5.51. The highest BCUT2D eigenvalue weighted by Gasteiger charge is 2.32. The molecule has 1 aliphatic rings. The maximum Gasteiger partial charge on any atom is 0.241 e. The number of hydrogen-bond acceptors (Lipinski definition) is 2. The Morgan fingerprint density at radius 2 is 2.00 bits per heavy atom. The van der Waals surface area contributed by atoms with Gasteiger partial charge < -0.3 is 10.6 Å². The number of carbonyl (C=O) groups excluding carboxylic acids is 1. The first-order valence-electron chi connectivity index (χ1n) is 6.15. The molecule has 1 fully saturated rings. The standard InChI is InChI=1S/C12H24N2O/c1-10(2)7-5-3-4-6-8-14-9-11(13)12(14)15/h10-11H,3-9,13H2,1-2H3. The Balaban J connectivity index is 1.88. The molecule has 3 heteroatoms. The van der Waals surface area contributed by atoms with E-state index in [4.69, 9.17) is 5.73 Å². The molecule has 0 spiro atoms. The van der Waals surface area contributed by atoms with Crippen molar-refractivity contribution in [3.05, 3.63) is 0 Å². The Bertz CT molecular complexity index is 204. The number of unbranched alkanes of at least 4 members (excludes halogenated alkanes) is 3. The molecule has 0 bridgehead atoms. The van der Waals surface area contributed by atoms with Crippen LogP contribution in [-0.2, 0) is 4.79 Å². The lowest BCUT2D eigenvalue weighted by Gasteiger charge is -2.36. The normalized spacial score (nSPS) is 20.9. The summed E-state index contributed by atoms with van der Waals surface area (Å²) >= 11 is 0. The van der Waals surface area contributed by atoms with E-state index in [0.29, 0.717) is 0 Å². The summed E-state index contributed by atoms with van der Waals surface area (Å²) in [5.74, 6) is 0.956. The minimum absolute atomic E-state index is 0.136.